The van der Waals surface area contributed by atoms with Gasteiger partial charge < -0.3 is 20.4 Å². The molecule has 6 heteroatoms. The number of nitrogens with zero attached hydrogens (tertiary/aromatic N) is 2. The molecule has 0 saturated carbocycles. The first-order valence-corrected chi connectivity index (χ1v) is 11.9. The van der Waals surface area contributed by atoms with Crippen molar-refractivity contribution in [3.63, 3.8) is 0 Å². The quantitative estimate of drug-likeness (QED) is 0.503. The van der Waals surface area contributed by atoms with Crippen molar-refractivity contribution in [1.29, 1.82) is 0 Å². The van der Waals surface area contributed by atoms with Crippen LogP contribution < -0.4 is 15.5 Å². The molecule has 0 fully saturated rings. The summed E-state index contributed by atoms with van der Waals surface area (Å²) in [7, 11) is 3.99. The van der Waals surface area contributed by atoms with Crippen molar-refractivity contribution in [1.82, 2.24) is 10.2 Å². The Kier molecular flexibility index (Phi) is 9.76. The van der Waals surface area contributed by atoms with Gasteiger partial charge in [-0.1, -0.05) is 51.1 Å². The van der Waals surface area contributed by atoms with Gasteiger partial charge in [0.2, 0.25) is 5.91 Å². The number of urea groups is 1. The molecule has 2 aromatic rings. The Morgan fingerprint density at radius 2 is 1.64 bits per heavy atom. The van der Waals surface area contributed by atoms with Gasteiger partial charge in [-0.2, -0.15) is 0 Å². The molecular formula is C27H40N4O2. The van der Waals surface area contributed by atoms with Crippen molar-refractivity contribution in [2.45, 2.75) is 59.5 Å². The summed E-state index contributed by atoms with van der Waals surface area (Å²) in [5.74, 6) is 0.255. The zero-order chi connectivity index (χ0) is 24.5. The van der Waals surface area contributed by atoms with E-state index in [1.54, 1.807) is 0 Å². The van der Waals surface area contributed by atoms with Gasteiger partial charge in [-0.3, -0.25) is 4.79 Å². The maximum Gasteiger partial charge on any atom is 0.319 e. The molecule has 2 atom stereocenters. The smallest absolute Gasteiger partial charge is 0.319 e. The van der Waals surface area contributed by atoms with Crippen molar-refractivity contribution >= 4 is 23.3 Å². The number of nitrogens with one attached hydrogen (secondary N) is 2. The molecule has 0 aliphatic rings. The molecule has 33 heavy (non-hydrogen) atoms. The van der Waals surface area contributed by atoms with Crippen LogP contribution in [-0.4, -0.2) is 43.5 Å². The van der Waals surface area contributed by atoms with Gasteiger partial charge in [-0.05, 0) is 55.5 Å². The summed E-state index contributed by atoms with van der Waals surface area (Å²) in [6, 6.07) is 15.7. The lowest BCUT2D eigenvalue weighted by atomic mass is 9.92. The Morgan fingerprint density at radius 3 is 2.18 bits per heavy atom. The lowest BCUT2D eigenvalue weighted by Crippen LogP contribution is -2.43. The second kappa shape index (κ2) is 12.3. The summed E-state index contributed by atoms with van der Waals surface area (Å²) in [4.78, 5) is 30.0. The topological polar surface area (TPSA) is 64.7 Å². The largest absolute Gasteiger partial charge is 0.377 e. The molecule has 6 nitrogen and oxygen atoms in total. The highest BCUT2D eigenvalue weighted by Gasteiger charge is 2.30. The average Bonchev–Trinajstić information content (AvgIpc) is 2.78. The summed E-state index contributed by atoms with van der Waals surface area (Å²) >= 11 is 0. The second-order valence-corrected chi connectivity index (χ2v) is 9.04. The van der Waals surface area contributed by atoms with Crippen molar-refractivity contribution in [2.24, 2.45) is 5.92 Å². The third-order valence-electron chi connectivity index (χ3n) is 6.14. The number of amides is 3. The van der Waals surface area contributed by atoms with Crippen LogP contribution in [0.25, 0.3) is 0 Å². The van der Waals surface area contributed by atoms with Crippen LogP contribution in [0.1, 0.15) is 58.1 Å². The Morgan fingerprint density at radius 1 is 0.970 bits per heavy atom. The fraction of sp³-hybridized carbons (Fsp3) is 0.481. The number of carbonyl (C=O) groups is 2. The van der Waals surface area contributed by atoms with Crippen molar-refractivity contribution in [3.8, 4) is 0 Å². The molecule has 0 heterocycles. The molecule has 0 aromatic heterocycles. The number of rotatable bonds is 10. The molecule has 0 radical (unpaired) electrons. The van der Waals surface area contributed by atoms with E-state index in [4.69, 9.17) is 0 Å². The molecule has 2 aromatic carbocycles. The number of benzene rings is 2. The first-order valence-electron chi connectivity index (χ1n) is 11.9. The lowest BCUT2D eigenvalue weighted by Gasteiger charge is -2.36. The van der Waals surface area contributed by atoms with E-state index in [1.807, 2.05) is 79.3 Å². The molecule has 2 N–H and O–H groups in total. The third kappa shape index (κ3) is 6.98. The number of carbonyl (C=O) groups excluding carboxylic acids is 2. The van der Waals surface area contributed by atoms with Crippen molar-refractivity contribution in [3.05, 3.63) is 59.7 Å². The first kappa shape index (κ1) is 26.2. The molecule has 0 spiro atoms. The van der Waals surface area contributed by atoms with E-state index in [9.17, 15) is 9.59 Å². The van der Waals surface area contributed by atoms with Gasteiger partial charge >= 0.3 is 6.03 Å². The van der Waals surface area contributed by atoms with Gasteiger partial charge in [-0.15, -0.1) is 0 Å². The zero-order valence-electron chi connectivity index (χ0n) is 21.2. The van der Waals surface area contributed by atoms with Crippen molar-refractivity contribution in [2.75, 3.05) is 30.9 Å². The minimum absolute atomic E-state index is 0.0604. The molecule has 0 aliphatic carbocycles. The van der Waals surface area contributed by atoms with Crippen LogP contribution in [0.5, 0.6) is 0 Å². The van der Waals surface area contributed by atoms with Crippen LogP contribution in [0, 0.1) is 5.92 Å². The highest BCUT2D eigenvalue weighted by molar-refractivity contribution is 5.90. The Bertz CT molecular complexity index is 912. The second-order valence-electron chi connectivity index (χ2n) is 9.04. The fourth-order valence-electron chi connectivity index (χ4n) is 3.97. The Balaban J connectivity index is 2.44. The van der Waals surface area contributed by atoms with E-state index in [-0.39, 0.29) is 23.9 Å². The Hall–Kier alpha value is -3.02. The average molecular weight is 453 g/mol. The minimum atomic E-state index is -0.236. The van der Waals surface area contributed by atoms with Crippen LogP contribution in [0.3, 0.4) is 0 Å². The first-order chi connectivity index (χ1) is 15.7. The van der Waals surface area contributed by atoms with E-state index < -0.39 is 0 Å². The van der Waals surface area contributed by atoms with Gasteiger partial charge in [0.1, 0.15) is 0 Å². The van der Waals surface area contributed by atoms with Crippen LogP contribution in [0.2, 0.25) is 0 Å². The van der Waals surface area contributed by atoms with E-state index >= 15 is 0 Å². The zero-order valence-corrected chi connectivity index (χ0v) is 21.2. The van der Waals surface area contributed by atoms with Gasteiger partial charge in [0.25, 0.3) is 0 Å². The third-order valence-corrected chi connectivity index (χ3v) is 6.14. The van der Waals surface area contributed by atoms with Crippen LogP contribution in [-0.2, 0) is 11.3 Å². The van der Waals surface area contributed by atoms with Crippen LogP contribution in [0.4, 0.5) is 16.2 Å². The van der Waals surface area contributed by atoms with E-state index in [2.05, 4.69) is 38.3 Å². The van der Waals surface area contributed by atoms with Gasteiger partial charge in [0.05, 0.1) is 5.92 Å². The number of hydrogen-bond acceptors (Lipinski definition) is 3. The molecule has 0 unspecified atom stereocenters. The molecule has 0 saturated heterocycles. The van der Waals surface area contributed by atoms with Gasteiger partial charge in [0.15, 0.2) is 0 Å². The predicted molar refractivity (Wildman–Crippen MR) is 138 cm³/mol. The van der Waals surface area contributed by atoms with Gasteiger partial charge in [0, 0.05) is 44.6 Å². The Labute approximate surface area is 199 Å². The minimum Gasteiger partial charge on any atom is -0.377 e. The number of anilines is 2. The molecule has 180 valence electrons. The van der Waals surface area contributed by atoms with E-state index in [0.717, 1.165) is 23.2 Å². The summed E-state index contributed by atoms with van der Waals surface area (Å²) < 4.78 is 0. The summed E-state index contributed by atoms with van der Waals surface area (Å²) in [6.07, 6.45) is 0.740. The highest BCUT2D eigenvalue weighted by Crippen LogP contribution is 2.30. The SMILES string of the molecule is CCNC(=O)Nc1ccc(N(C)C)c(CN(C(=O)[C@H](CC)c2ccccc2)[C@@H](C)C(C)C)c1. The predicted octanol–water partition coefficient (Wildman–Crippen LogP) is 5.46. The monoisotopic (exact) mass is 452 g/mol. The summed E-state index contributed by atoms with van der Waals surface area (Å²) in [5.41, 5.74) is 3.78. The standard InChI is InChI=1S/C27H40N4O2/c1-8-24(21-13-11-10-12-14-21)26(32)31(20(5)19(3)4)18-22-17-23(29-27(33)28-9-2)15-16-25(22)30(6)7/h10-17,19-20,24H,8-9,18H2,1-7H3,(H2,28,29,33)/t20-,24+/m0/s1. The molecule has 0 aliphatic heterocycles. The van der Waals surface area contributed by atoms with E-state index in [1.165, 1.54) is 0 Å². The van der Waals surface area contributed by atoms with Crippen LogP contribution in [0.15, 0.2) is 48.5 Å². The summed E-state index contributed by atoms with van der Waals surface area (Å²) in [6.45, 7) is 11.4. The van der Waals surface area contributed by atoms with Crippen LogP contribution >= 0.6 is 0 Å². The fourth-order valence-corrected chi connectivity index (χ4v) is 3.97. The lowest BCUT2D eigenvalue weighted by molar-refractivity contribution is -0.136. The normalized spacial score (nSPS) is 12.7. The molecule has 0 bridgehead atoms. The molecular weight excluding hydrogens is 412 g/mol. The maximum atomic E-state index is 13.9. The van der Waals surface area contributed by atoms with E-state index in [0.29, 0.717) is 24.7 Å². The molecule has 3 amide bonds. The number of hydrogen-bond donors (Lipinski definition) is 2. The van der Waals surface area contributed by atoms with Crippen molar-refractivity contribution < 1.29 is 9.59 Å². The maximum absolute atomic E-state index is 13.9. The highest BCUT2D eigenvalue weighted by atomic mass is 16.2. The summed E-state index contributed by atoms with van der Waals surface area (Å²) in [5, 5.41) is 5.65. The molecule has 2 rings (SSSR count). The van der Waals surface area contributed by atoms with Gasteiger partial charge in [-0.25, -0.2) is 4.79 Å².